The molecule has 1 aromatic carbocycles. The van der Waals surface area contributed by atoms with Gasteiger partial charge in [0.1, 0.15) is 12.1 Å². The van der Waals surface area contributed by atoms with Crippen molar-refractivity contribution in [2.75, 3.05) is 11.9 Å². The highest BCUT2D eigenvalue weighted by Gasteiger charge is 2.15. The lowest BCUT2D eigenvalue weighted by Gasteiger charge is -2.16. The van der Waals surface area contributed by atoms with Crippen LogP contribution in [-0.4, -0.2) is 31.8 Å². The van der Waals surface area contributed by atoms with Crippen LogP contribution < -0.4 is 16.7 Å². The average Bonchev–Trinajstić information content (AvgIpc) is 3.15. The molecule has 0 saturated heterocycles. The molecule has 0 saturated carbocycles. The number of nitrogens with zero attached hydrogens (tertiary/aromatic N) is 4. The van der Waals surface area contributed by atoms with Crippen molar-refractivity contribution in [3.8, 4) is 17.7 Å². The Kier molecular flexibility index (Phi) is 6.15. The summed E-state index contributed by atoms with van der Waals surface area (Å²) < 4.78 is 27.8. The monoisotopic (exact) mass is 450 g/mol. The molecule has 3 aromatic rings. The van der Waals surface area contributed by atoms with E-state index in [1.54, 1.807) is 13.0 Å². The minimum absolute atomic E-state index is 0.0125. The van der Waals surface area contributed by atoms with Gasteiger partial charge in [-0.05, 0) is 48.7 Å². The minimum atomic E-state index is -1.92. The fourth-order valence-electron chi connectivity index (χ4n) is 3.47. The number of aryl methyl sites for hydroxylation is 2. The highest BCUT2D eigenvalue weighted by molar-refractivity contribution is 5.94. The zero-order valence-corrected chi connectivity index (χ0v) is 17.7. The zero-order valence-electron chi connectivity index (χ0n) is 17.7. The van der Waals surface area contributed by atoms with Crippen molar-refractivity contribution < 1.29 is 13.6 Å². The lowest BCUT2D eigenvalue weighted by atomic mass is 10.0. The van der Waals surface area contributed by atoms with Crippen molar-refractivity contribution in [3.63, 3.8) is 0 Å². The Hall–Kier alpha value is -4.10. The number of carbonyl (C=O) groups is 1. The second kappa shape index (κ2) is 9.18. The summed E-state index contributed by atoms with van der Waals surface area (Å²) in [6.07, 6.45) is 1.98. The summed E-state index contributed by atoms with van der Waals surface area (Å²) in [5.74, 6) is 6.48. The SMILES string of the molecule is Cc1cc(C#Cc2ccc3c(c2)CCC(=O)N3)cnc1-n1cnn(CC(CN)=C(F)F)c1=O. The highest BCUT2D eigenvalue weighted by Crippen LogP contribution is 2.23. The maximum atomic E-state index is 12.9. The van der Waals surface area contributed by atoms with Crippen LogP contribution in [-0.2, 0) is 17.8 Å². The van der Waals surface area contributed by atoms with E-state index in [-0.39, 0.29) is 18.0 Å². The molecular weight excluding hydrogens is 430 g/mol. The van der Waals surface area contributed by atoms with E-state index in [9.17, 15) is 18.4 Å². The predicted molar refractivity (Wildman–Crippen MR) is 118 cm³/mol. The Bertz CT molecular complexity index is 1390. The van der Waals surface area contributed by atoms with Crippen molar-refractivity contribution in [2.45, 2.75) is 26.3 Å². The molecular formula is C23H20F2N6O2. The topological polar surface area (TPSA) is 108 Å². The Morgan fingerprint density at radius 1 is 1.18 bits per heavy atom. The smallest absolute Gasteiger partial charge is 0.327 e. The maximum absolute atomic E-state index is 12.9. The third-order valence-electron chi connectivity index (χ3n) is 5.22. The largest absolute Gasteiger partial charge is 0.351 e. The number of carbonyl (C=O) groups excluding carboxylic acids is 1. The molecule has 3 heterocycles. The summed E-state index contributed by atoms with van der Waals surface area (Å²) in [7, 11) is 0. The summed E-state index contributed by atoms with van der Waals surface area (Å²) in [5.41, 5.74) is 8.34. The zero-order chi connectivity index (χ0) is 23.5. The van der Waals surface area contributed by atoms with Crippen LogP contribution in [0.15, 0.2) is 53.2 Å². The van der Waals surface area contributed by atoms with Gasteiger partial charge in [0.05, 0.1) is 6.54 Å². The van der Waals surface area contributed by atoms with Gasteiger partial charge < -0.3 is 11.1 Å². The summed E-state index contributed by atoms with van der Waals surface area (Å²) in [6.45, 7) is 1.01. The number of amides is 1. The van der Waals surface area contributed by atoms with Crippen LogP contribution in [0.5, 0.6) is 0 Å². The Morgan fingerprint density at radius 3 is 2.70 bits per heavy atom. The molecule has 8 nitrogen and oxygen atoms in total. The van der Waals surface area contributed by atoms with Gasteiger partial charge in [-0.3, -0.25) is 4.79 Å². The molecule has 0 bridgehead atoms. The number of benzene rings is 1. The number of pyridine rings is 1. The van der Waals surface area contributed by atoms with E-state index >= 15 is 0 Å². The predicted octanol–water partition coefficient (Wildman–Crippen LogP) is 2.13. The number of anilines is 1. The van der Waals surface area contributed by atoms with Crippen LogP contribution >= 0.6 is 0 Å². The van der Waals surface area contributed by atoms with Gasteiger partial charge >= 0.3 is 5.69 Å². The molecule has 1 aliphatic rings. The molecule has 0 radical (unpaired) electrons. The number of halogens is 2. The first-order valence-corrected chi connectivity index (χ1v) is 10.1. The lowest BCUT2D eigenvalue weighted by Crippen LogP contribution is -2.27. The van der Waals surface area contributed by atoms with Gasteiger partial charge in [0.25, 0.3) is 6.08 Å². The summed E-state index contributed by atoms with van der Waals surface area (Å²) >= 11 is 0. The van der Waals surface area contributed by atoms with E-state index in [0.29, 0.717) is 29.8 Å². The van der Waals surface area contributed by atoms with Crippen molar-refractivity contribution in [2.24, 2.45) is 5.73 Å². The van der Waals surface area contributed by atoms with E-state index in [1.165, 1.54) is 17.1 Å². The van der Waals surface area contributed by atoms with Gasteiger partial charge in [0.15, 0.2) is 0 Å². The Labute approximate surface area is 187 Å². The molecule has 0 unspecified atom stereocenters. The number of hydrogen-bond donors (Lipinski definition) is 2. The fraction of sp³-hybridized carbons (Fsp3) is 0.217. The number of fused-ring (bicyclic) bond motifs is 1. The van der Waals surface area contributed by atoms with Crippen LogP contribution in [0.25, 0.3) is 5.82 Å². The maximum Gasteiger partial charge on any atom is 0.351 e. The summed E-state index contributed by atoms with van der Waals surface area (Å²) in [6, 6.07) is 7.41. The molecule has 0 spiro atoms. The van der Waals surface area contributed by atoms with Crippen LogP contribution in [0.3, 0.4) is 0 Å². The van der Waals surface area contributed by atoms with E-state index in [2.05, 4.69) is 27.2 Å². The first kappa shape index (κ1) is 22.1. The van der Waals surface area contributed by atoms with E-state index < -0.39 is 18.3 Å². The molecule has 0 fully saturated rings. The van der Waals surface area contributed by atoms with Gasteiger partial charge in [-0.25, -0.2) is 19.0 Å². The standard InChI is InChI=1S/C23H20F2N6O2/c1-14-8-16(3-2-15-4-6-19-17(9-15)5-7-20(32)29-19)11-27-22(14)30-13-28-31(23(30)33)12-18(10-26)21(24)25/h4,6,8-9,11,13H,5,7,10,12,26H2,1H3,(H,29,32). The second-order valence-electron chi connectivity index (χ2n) is 7.54. The molecule has 0 atom stereocenters. The number of nitrogens with two attached hydrogens (primary N) is 1. The average molecular weight is 450 g/mol. The molecule has 3 N–H and O–H groups in total. The Balaban J connectivity index is 1.56. The molecule has 33 heavy (non-hydrogen) atoms. The van der Waals surface area contributed by atoms with Gasteiger partial charge in [-0.15, -0.1) is 0 Å². The fourth-order valence-corrected chi connectivity index (χ4v) is 3.47. The van der Waals surface area contributed by atoms with Crippen LogP contribution in [0, 0.1) is 18.8 Å². The molecule has 1 amide bonds. The van der Waals surface area contributed by atoms with Crippen molar-refractivity contribution in [1.82, 2.24) is 19.3 Å². The van der Waals surface area contributed by atoms with Crippen molar-refractivity contribution >= 4 is 11.6 Å². The third-order valence-corrected chi connectivity index (χ3v) is 5.22. The summed E-state index contributed by atoms with van der Waals surface area (Å²) in [4.78, 5) is 28.4. The highest BCUT2D eigenvalue weighted by atomic mass is 19.3. The number of aromatic nitrogens is 4. The molecule has 1 aliphatic heterocycles. The third kappa shape index (κ3) is 4.73. The molecule has 10 heteroatoms. The van der Waals surface area contributed by atoms with Gasteiger partial charge in [0.2, 0.25) is 5.91 Å². The van der Waals surface area contributed by atoms with E-state index in [0.717, 1.165) is 21.5 Å². The van der Waals surface area contributed by atoms with Crippen molar-refractivity contribution in [1.29, 1.82) is 0 Å². The van der Waals surface area contributed by atoms with Gasteiger partial charge in [-0.1, -0.05) is 11.8 Å². The first-order chi connectivity index (χ1) is 15.9. The molecule has 168 valence electrons. The summed E-state index contributed by atoms with van der Waals surface area (Å²) in [5, 5.41) is 6.73. The number of rotatable bonds is 4. The van der Waals surface area contributed by atoms with Gasteiger partial charge in [0, 0.05) is 41.5 Å². The van der Waals surface area contributed by atoms with Gasteiger partial charge in [-0.2, -0.15) is 13.9 Å². The number of hydrogen-bond acceptors (Lipinski definition) is 5. The van der Waals surface area contributed by atoms with Crippen LogP contribution in [0.4, 0.5) is 14.5 Å². The van der Waals surface area contributed by atoms with Crippen LogP contribution in [0.2, 0.25) is 0 Å². The van der Waals surface area contributed by atoms with Crippen LogP contribution in [0.1, 0.15) is 28.7 Å². The molecule has 0 aliphatic carbocycles. The molecule has 4 rings (SSSR count). The Morgan fingerprint density at radius 2 is 1.97 bits per heavy atom. The quantitative estimate of drug-likeness (QED) is 0.592. The minimum Gasteiger partial charge on any atom is -0.327 e. The first-order valence-electron chi connectivity index (χ1n) is 10.1. The van der Waals surface area contributed by atoms with E-state index in [1.807, 2.05) is 18.2 Å². The molecule has 2 aromatic heterocycles. The second-order valence-corrected chi connectivity index (χ2v) is 7.54. The lowest BCUT2D eigenvalue weighted by molar-refractivity contribution is -0.116. The van der Waals surface area contributed by atoms with Crippen molar-refractivity contribution in [3.05, 3.63) is 81.2 Å². The van der Waals surface area contributed by atoms with E-state index in [4.69, 9.17) is 5.73 Å². The normalized spacial score (nSPS) is 12.4. The number of nitrogens with one attached hydrogen (secondary N) is 1.